The average molecular weight is 200 g/mol. The number of primary amides is 1. The maximum Gasteiger partial charge on any atom is 0.221 e. The number of aryl methyl sites for hydroxylation is 1. The average Bonchev–Trinajstić information content (AvgIpc) is 2.19. The van der Waals surface area contributed by atoms with Gasteiger partial charge in [-0.3, -0.25) is 4.79 Å². The smallest absolute Gasteiger partial charge is 0.221 e. The summed E-state index contributed by atoms with van der Waals surface area (Å²) in [6.07, 6.45) is 3.59. The zero-order chi connectivity index (χ0) is 11.3. The molecule has 3 heteroatoms. The first-order valence-electron chi connectivity index (χ1n) is 4.59. The van der Waals surface area contributed by atoms with Gasteiger partial charge in [-0.15, -0.1) is 0 Å². The number of carbonyl (C=O) groups excluding carboxylic acids is 1. The molecule has 0 saturated heterocycles. The van der Waals surface area contributed by atoms with Gasteiger partial charge < -0.3 is 5.73 Å². The van der Waals surface area contributed by atoms with Crippen LogP contribution in [0.2, 0.25) is 0 Å². The van der Waals surface area contributed by atoms with E-state index in [2.05, 4.69) is 6.07 Å². The maximum atomic E-state index is 10.5. The summed E-state index contributed by atoms with van der Waals surface area (Å²) in [6, 6.07) is 7.69. The largest absolute Gasteiger partial charge is 0.369 e. The van der Waals surface area contributed by atoms with Crippen LogP contribution in [0, 0.1) is 18.3 Å². The minimum atomic E-state index is -0.378. The van der Waals surface area contributed by atoms with Crippen LogP contribution in [-0.4, -0.2) is 5.91 Å². The molecule has 1 amide bonds. The Balaban J connectivity index is 2.91. The lowest BCUT2D eigenvalue weighted by Crippen LogP contribution is -2.07. The van der Waals surface area contributed by atoms with Gasteiger partial charge in [0.15, 0.2) is 0 Å². The van der Waals surface area contributed by atoms with Crippen molar-refractivity contribution >= 4 is 12.0 Å². The first-order chi connectivity index (χ1) is 7.13. The molecule has 0 unspecified atom stereocenters. The Kier molecular flexibility index (Phi) is 3.64. The highest BCUT2D eigenvalue weighted by molar-refractivity contribution is 5.76. The van der Waals surface area contributed by atoms with E-state index in [1.54, 1.807) is 12.2 Å². The van der Waals surface area contributed by atoms with Crippen molar-refractivity contribution < 1.29 is 4.79 Å². The fraction of sp³-hybridized carbons (Fsp3) is 0.167. The zero-order valence-corrected chi connectivity index (χ0v) is 8.53. The molecule has 0 aromatic heterocycles. The topological polar surface area (TPSA) is 66.9 Å². The summed E-state index contributed by atoms with van der Waals surface area (Å²) in [5.41, 5.74) is 7.45. The predicted octanol–water partition coefficient (Wildman–Crippen LogP) is 1.76. The third-order valence-electron chi connectivity index (χ3n) is 1.95. The fourth-order valence-electron chi connectivity index (χ4n) is 1.21. The second kappa shape index (κ2) is 4.97. The second-order valence-corrected chi connectivity index (χ2v) is 3.28. The van der Waals surface area contributed by atoms with Crippen molar-refractivity contribution in [2.45, 2.75) is 13.3 Å². The molecule has 15 heavy (non-hydrogen) atoms. The summed E-state index contributed by atoms with van der Waals surface area (Å²) in [5, 5.41) is 8.88. The molecule has 0 aliphatic rings. The molecule has 0 atom stereocenters. The minimum absolute atomic E-state index is 0.193. The summed E-state index contributed by atoms with van der Waals surface area (Å²) in [7, 11) is 0. The van der Waals surface area contributed by atoms with Gasteiger partial charge in [-0.25, -0.2) is 0 Å². The van der Waals surface area contributed by atoms with Crippen LogP contribution in [-0.2, 0) is 4.79 Å². The van der Waals surface area contributed by atoms with E-state index in [0.29, 0.717) is 5.56 Å². The molecule has 0 fully saturated rings. The SMILES string of the molecule is Cc1ccc(C=CCC(N)=O)c(C#N)c1. The number of amides is 1. The molecular weight excluding hydrogens is 188 g/mol. The Morgan fingerprint density at radius 3 is 2.93 bits per heavy atom. The van der Waals surface area contributed by atoms with E-state index < -0.39 is 0 Å². The Morgan fingerprint density at radius 1 is 1.60 bits per heavy atom. The quantitative estimate of drug-likeness (QED) is 0.807. The second-order valence-electron chi connectivity index (χ2n) is 3.28. The van der Waals surface area contributed by atoms with Gasteiger partial charge in [-0.1, -0.05) is 24.3 Å². The van der Waals surface area contributed by atoms with Crippen molar-refractivity contribution in [1.29, 1.82) is 5.26 Å². The number of carbonyl (C=O) groups is 1. The number of benzene rings is 1. The van der Waals surface area contributed by atoms with Crippen LogP contribution in [0.15, 0.2) is 24.3 Å². The van der Waals surface area contributed by atoms with Crippen molar-refractivity contribution in [3.63, 3.8) is 0 Å². The molecule has 3 nitrogen and oxygen atoms in total. The van der Waals surface area contributed by atoms with Gasteiger partial charge in [-0.05, 0) is 24.1 Å². The molecule has 76 valence electrons. The minimum Gasteiger partial charge on any atom is -0.369 e. The van der Waals surface area contributed by atoms with E-state index in [1.807, 2.05) is 25.1 Å². The molecule has 0 radical (unpaired) electrons. The molecule has 0 heterocycles. The van der Waals surface area contributed by atoms with E-state index in [9.17, 15) is 4.79 Å². The van der Waals surface area contributed by atoms with Gasteiger partial charge >= 0.3 is 0 Å². The van der Waals surface area contributed by atoms with Crippen LogP contribution in [0.3, 0.4) is 0 Å². The number of hydrogen-bond donors (Lipinski definition) is 1. The lowest BCUT2D eigenvalue weighted by molar-refractivity contribution is -0.117. The van der Waals surface area contributed by atoms with Crippen LogP contribution in [0.1, 0.15) is 23.1 Å². The zero-order valence-electron chi connectivity index (χ0n) is 8.53. The van der Waals surface area contributed by atoms with E-state index in [0.717, 1.165) is 11.1 Å². The van der Waals surface area contributed by atoms with Crippen LogP contribution >= 0.6 is 0 Å². The highest BCUT2D eigenvalue weighted by Crippen LogP contribution is 2.12. The molecule has 0 bridgehead atoms. The molecule has 0 aliphatic heterocycles. The third kappa shape index (κ3) is 3.28. The van der Waals surface area contributed by atoms with E-state index in [1.165, 1.54) is 0 Å². The van der Waals surface area contributed by atoms with Gasteiger partial charge in [0, 0.05) is 6.42 Å². The van der Waals surface area contributed by atoms with Crippen LogP contribution in [0.5, 0.6) is 0 Å². The Hall–Kier alpha value is -2.08. The molecule has 1 aromatic carbocycles. The van der Waals surface area contributed by atoms with Crippen molar-refractivity contribution in [1.82, 2.24) is 0 Å². The summed E-state index contributed by atoms with van der Waals surface area (Å²) in [6.45, 7) is 1.93. The van der Waals surface area contributed by atoms with Crippen molar-refractivity contribution in [3.05, 3.63) is 41.0 Å². The van der Waals surface area contributed by atoms with Gasteiger partial charge in [0.2, 0.25) is 5.91 Å². The van der Waals surface area contributed by atoms with Crippen LogP contribution < -0.4 is 5.73 Å². The molecule has 0 saturated carbocycles. The Morgan fingerprint density at radius 2 is 2.33 bits per heavy atom. The summed E-state index contributed by atoms with van der Waals surface area (Å²) in [4.78, 5) is 10.5. The first kappa shape index (κ1) is 11.0. The molecule has 0 spiro atoms. The summed E-state index contributed by atoms with van der Waals surface area (Å²) in [5.74, 6) is -0.378. The van der Waals surface area contributed by atoms with Crippen molar-refractivity contribution in [2.24, 2.45) is 5.73 Å². The summed E-state index contributed by atoms with van der Waals surface area (Å²) < 4.78 is 0. The van der Waals surface area contributed by atoms with E-state index in [4.69, 9.17) is 11.0 Å². The first-order valence-corrected chi connectivity index (χ1v) is 4.59. The van der Waals surface area contributed by atoms with Gasteiger partial charge in [0.25, 0.3) is 0 Å². The van der Waals surface area contributed by atoms with Crippen LogP contribution in [0.4, 0.5) is 0 Å². The summed E-state index contributed by atoms with van der Waals surface area (Å²) >= 11 is 0. The molecule has 1 rings (SSSR count). The normalized spacial score (nSPS) is 10.1. The lowest BCUT2D eigenvalue weighted by Gasteiger charge is -1.98. The van der Waals surface area contributed by atoms with Crippen LogP contribution in [0.25, 0.3) is 6.08 Å². The van der Waals surface area contributed by atoms with Gasteiger partial charge in [-0.2, -0.15) is 5.26 Å². The number of nitriles is 1. The molecule has 2 N–H and O–H groups in total. The maximum absolute atomic E-state index is 10.5. The number of nitrogens with zero attached hydrogens (tertiary/aromatic N) is 1. The van der Waals surface area contributed by atoms with E-state index in [-0.39, 0.29) is 12.3 Å². The van der Waals surface area contributed by atoms with Crippen molar-refractivity contribution in [3.8, 4) is 6.07 Å². The predicted molar refractivity (Wildman–Crippen MR) is 58.7 cm³/mol. The molecule has 1 aromatic rings. The number of rotatable bonds is 3. The molecule has 0 aliphatic carbocycles. The standard InChI is InChI=1S/C12H12N2O/c1-9-5-6-10(11(7-9)8-13)3-2-4-12(14)15/h2-3,5-7H,4H2,1H3,(H2,14,15). The van der Waals surface area contributed by atoms with E-state index >= 15 is 0 Å². The Bertz CT molecular complexity index is 441. The lowest BCUT2D eigenvalue weighted by atomic mass is 10.0. The molecular formula is C12H12N2O. The van der Waals surface area contributed by atoms with Gasteiger partial charge in [0.05, 0.1) is 11.6 Å². The van der Waals surface area contributed by atoms with Crippen molar-refractivity contribution in [2.75, 3.05) is 0 Å². The highest BCUT2D eigenvalue weighted by Gasteiger charge is 1.98. The Labute approximate surface area is 88.8 Å². The van der Waals surface area contributed by atoms with Gasteiger partial charge in [0.1, 0.15) is 0 Å². The monoisotopic (exact) mass is 200 g/mol. The fourth-order valence-corrected chi connectivity index (χ4v) is 1.21. The highest BCUT2D eigenvalue weighted by atomic mass is 16.1. The number of hydrogen-bond acceptors (Lipinski definition) is 2. The third-order valence-corrected chi connectivity index (χ3v) is 1.95. The number of nitrogens with two attached hydrogens (primary N) is 1.